The Morgan fingerprint density at radius 2 is 1.76 bits per heavy atom. The molecule has 29 heavy (non-hydrogen) atoms. The monoisotopic (exact) mass is 414 g/mol. The van der Waals surface area contributed by atoms with Gasteiger partial charge >= 0.3 is 0 Å². The molecule has 0 aromatic heterocycles. The maximum Gasteiger partial charge on any atom is 0.251 e. The third-order valence-corrected chi connectivity index (χ3v) is 5.83. The van der Waals surface area contributed by atoms with Gasteiger partial charge in [0.25, 0.3) is 5.91 Å². The fourth-order valence-electron chi connectivity index (χ4n) is 4.00. The molecule has 3 rings (SSSR count). The molecule has 0 saturated carbocycles. The van der Waals surface area contributed by atoms with E-state index < -0.39 is 0 Å². The summed E-state index contributed by atoms with van der Waals surface area (Å²) in [5.74, 6) is 0.864. The zero-order valence-electron chi connectivity index (χ0n) is 17.2. The number of rotatable bonds is 8. The molecule has 2 aromatic carbocycles. The van der Waals surface area contributed by atoms with E-state index in [1.54, 1.807) is 24.3 Å². The van der Waals surface area contributed by atoms with Crippen LogP contribution in [-0.4, -0.2) is 31.7 Å². The Hall–Kier alpha value is -1.88. The van der Waals surface area contributed by atoms with Crippen molar-refractivity contribution in [1.29, 1.82) is 0 Å². The first-order valence-electron chi connectivity index (χ1n) is 10.5. The van der Waals surface area contributed by atoms with Crippen LogP contribution in [0.25, 0.3) is 0 Å². The minimum Gasteiger partial charge on any atom is -0.375 e. The van der Waals surface area contributed by atoms with Gasteiger partial charge in [0.2, 0.25) is 0 Å². The molecule has 0 spiro atoms. The molecule has 5 heteroatoms. The highest BCUT2D eigenvalue weighted by Crippen LogP contribution is 2.26. The molecule has 0 aliphatic carbocycles. The van der Waals surface area contributed by atoms with Crippen LogP contribution >= 0.6 is 11.6 Å². The molecule has 1 saturated heterocycles. The lowest BCUT2D eigenvalue weighted by Gasteiger charge is -2.34. The average Bonchev–Trinajstić information content (AvgIpc) is 2.74. The Bertz CT molecular complexity index is 758. The van der Waals surface area contributed by atoms with Crippen molar-refractivity contribution in [3.05, 3.63) is 70.7 Å². The molecule has 1 amide bonds. The van der Waals surface area contributed by atoms with Gasteiger partial charge in [-0.25, -0.2) is 0 Å². The van der Waals surface area contributed by atoms with Crippen LogP contribution < -0.4 is 10.6 Å². The topological polar surface area (TPSA) is 50.4 Å². The molecule has 0 radical (unpaired) electrons. The number of benzene rings is 2. The Kier molecular flexibility index (Phi) is 8.10. The van der Waals surface area contributed by atoms with Gasteiger partial charge in [0.15, 0.2) is 0 Å². The zero-order valence-corrected chi connectivity index (χ0v) is 18.0. The van der Waals surface area contributed by atoms with Gasteiger partial charge in [-0.3, -0.25) is 4.79 Å². The van der Waals surface area contributed by atoms with Gasteiger partial charge < -0.3 is 15.4 Å². The quantitative estimate of drug-likeness (QED) is 0.649. The number of piperidine rings is 1. The van der Waals surface area contributed by atoms with Crippen LogP contribution in [0.2, 0.25) is 5.02 Å². The first-order chi connectivity index (χ1) is 14.0. The highest BCUT2D eigenvalue weighted by molar-refractivity contribution is 6.30. The zero-order chi connectivity index (χ0) is 20.6. The van der Waals surface area contributed by atoms with Crippen LogP contribution in [0.15, 0.2) is 54.6 Å². The number of ether oxygens (including phenoxy) is 1. The molecule has 2 aromatic rings. The van der Waals surface area contributed by atoms with Crippen LogP contribution in [0.5, 0.6) is 0 Å². The van der Waals surface area contributed by atoms with E-state index in [0.29, 0.717) is 29.0 Å². The van der Waals surface area contributed by atoms with Crippen LogP contribution in [0, 0.1) is 11.8 Å². The molecule has 1 aliphatic rings. The molecular weight excluding hydrogens is 384 g/mol. The van der Waals surface area contributed by atoms with Crippen LogP contribution in [0.3, 0.4) is 0 Å². The maximum atomic E-state index is 12.8. The molecule has 2 atom stereocenters. The van der Waals surface area contributed by atoms with E-state index in [0.717, 1.165) is 31.5 Å². The lowest BCUT2D eigenvalue weighted by molar-refractivity contribution is -0.0346. The Balaban J connectivity index is 1.71. The number of nitrogens with one attached hydrogen (secondary N) is 2. The van der Waals surface area contributed by atoms with Gasteiger partial charge in [-0.05, 0) is 67.6 Å². The summed E-state index contributed by atoms with van der Waals surface area (Å²) in [6.07, 6.45) is 2.46. The number of amides is 1. The number of halogens is 1. The van der Waals surface area contributed by atoms with Crippen molar-refractivity contribution in [3.8, 4) is 0 Å². The first kappa shape index (κ1) is 21.8. The second-order valence-corrected chi connectivity index (χ2v) is 8.51. The third kappa shape index (κ3) is 6.30. The lowest BCUT2D eigenvalue weighted by atomic mass is 9.86. The van der Waals surface area contributed by atoms with E-state index >= 15 is 0 Å². The summed E-state index contributed by atoms with van der Waals surface area (Å²) >= 11 is 5.95. The highest BCUT2D eigenvalue weighted by atomic mass is 35.5. The number of hydrogen-bond donors (Lipinski definition) is 2. The Morgan fingerprint density at radius 3 is 2.38 bits per heavy atom. The molecule has 1 aliphatic heterocycles. The van der Waals surface area contributed by atoms with Crippen LogP contribution in [0.1, 0.15) is 48.7 Å². The van der Waals surface area contributed by atoms with Gasteiger partial charge in [-0.15, -0.1) is 0 Å². The van der Waals surface area contributed by atoms with E-state index in [9.17, 15) is 4.79 Å². The standard InChI is InChI=1S/C24H31ClN2O2/c1-17(2)23(19-12-14-26-15-13-19)29-16-22(18-6-4-3-5-7-18)27-24(28)20-8-10-21(25)11-9-20/h3-11,17,19,22-23,26H,12-16H2,1-2H3,(H,27,28)/t22?,23-/m1/s1. The first-order valence-corrected chi connectivity index (χ1v) is 10.9. The SMILES string of the molecule is CC(C)[C@@H](OCC(NC(=O)c1ccc(Cl)cc1)c1ccccc1)C1CCNCC1. The van der Waals surface area contributed by atoms with E-state index in [-0.39, 0.29) is 18.1 Å². The molecule has 2 N–H and O–H groups in total. The molecule has 0 bridgehead atoms. The molecule has 1 heterocycles. The minimum absolute atomic E-state index is 0.123. The predicted octanol–water partition coefficient (Wildman–Crippen LogP) is 4.85. The van der Waals surface area contributed by atoms with E-state index in [1.807, 2.05) is 30.3 Å². The fourth-order valence-corrected chi connectivity index (χ4v) is 4.13. The van der Waals surface area contributed by atoms with E-state index in [2.05, 4.69) is 24.5 Å². The van der Waals surface area contributed by atoms with Crippen LogP contribution in [0.4, 0.5) is 0 Å². The molecular formula is C24H31ClN2O2. The van der Waals surface area contributed by atoms with Crippen molar-refractivity contribution in [2.45, 2.75) is 38.8 Å². The van der Waals surface area contributed by atoms with Crippen molar-refractivity contribution in [1.82, 2.24) is 10.6 Å². The maximum absolute atomic E-state index is 12.8. The summed E-state index contributed by atoms with van der Waals surface area (Å²) in [6.45, 7) is 6.99. The Morgan fingerprint density at radius 1 is 1.10 bits per heavy atom. The molecule has 156 valence electrons. The van der Waals surface area contributed by atoms with Gasteiger partial charge in [-0.1, -0.05) is 55.8 Å². The average molecular weight is 415 g/mol. The fraction of sp³-hybridized carbons (Fsp3) is 0.458. The third-order valence-electron chi connectivity index (χ3n) is 5.57. The van der Waals surface area contributed by atoms with Gasteiger partial charge in [0.1, 0.15) is 0 Å². The number of carbonyl (C=O) groups is 1. The van der Waals surface area contributed by atoms with Crippen LogP contribution in [-0.2, 0) is 4.74 Å². The predicted molar refractivity (Wildman–Crippen MR) is 118 cm³/mol. The summed E-state index contributed by atoms with van der Waals surface area (Å²) in [7, 11) is 0. The van der Waals surface area contributed by atoms with Crippen molar-refractivity contribution in [2.75, 3.05) is 19.7 Å². The van der Waals surface area contributed by atoms with Gasteiger partial charge in [-0.2, -0.15) is 0 Å². The summed E-state index contributed by atoms with van der Waals surface area (Å²) in [4.78, 5) is 12.8. The van der Waals surface area contributed by atoms with E-state index in [1.165, 1.54) is 0 Å². The molecule has 1 fully saturated rings. The Labute approximate surface area is 179 Å². The minimum atomic E-state index is -0.206. The largest absolute Gasteiger partial charge is 0.375 e. The summed E-state index contributed by atoms with van der Waals surface area (Å²) in [5, 5.41) is 7.19. The molecule has 4 nitrogen and oxygen atoms in total. The normalized spacial score (nSPS) is 17.1. The second kappa shape index (κ2) is 10.8. The smallest absolute Gasteiger partial charge is 0.251 e. The summed E-state index contributed by atoms with van der Waals surface area (Å²) in [5.41, 5.74) is 1.64. The highest BCUT2D eigenvalue weighted by Gasteiger charge is 2.28. The van der Waals surface area contributed by atoms with Crippen molar-refractivity contribution >= 4 is 17.5 Å². The van der Waals surface area contributed by atoms with Gasteiger partial charge in [0, 0.05) is 10.6 Å². The lowest BCUT2D eigenvalue weighted by Crippen LogP contribution is -2.40. The summed E-state index contributed by atoms with van der Waals surface area (Å²) in [6, 6.07) is 16.8. The van der Waals surface area contributed by atoms with Crippen molar-refractivity contribution in [2.24, 2.45) is 11.8 Å². The van der Waals surface area contributed by atoms with Gasteiger partial charge in [0.05, 0.1) is 18.8 Å². The molecule has 1 unspecified atom stereocenters. The second-order valence-electron chi connectivity index (χ2n) is 8.07. The van der Waals surface area contributed by atoms with Crippen molar-refractivity contribution in [3.63, 3.8) is 0 Å². The van der Waals surface area contributed by atoms with E-state index in [4.69, 9.17) is 16.3 Å². The number of carbonyl (C=O) groups excluding carboxylic acids is 1. The van der Waals surface area contributed by atoms with Crippen molar-refractivity contribution < 1.29 is 9.53 Å². The summed E-state index contributed by atoms with van der Waals surface area (Å²) < 4.78 is 6.45. The number of hydrogen-bond acceptors (Lipinski definition) is 3.